The number of aromatic nitrogens is 1. The summed E-state index contributed by atoms with van der Waals surface area (Å²) in [7, 11) is 0. The highest BCUT2D eigenvalue weighted by Gasteiger charge is 2.28. The molecule has 1 aliphatic rings. The first-order valence-electron chi connectivity index (χ1n) is 8.78. The van der Waals surface area contributed by atoms with Gasteiger partial charge in [0.05, 0.1) is 11.9 Å². The van der Waals surface area contributed by atoms with Gasteiger partial charge in [-0.15, -0.1) is 0 Å². The van der Waals surface area contributed by atoms with Gasteiger partial charge < -0.3 is 10.6 Å². The third kappa shape index (κ3) is 4.89. The van der Waals surface area contributed by atoms with Gasteiger partial charge in [0.2, 0.25) is 0 Å². The van der Waals surface area contributed by atoms with Gasteiger partial charge in [-0.1, -0.05) is 43.2 Å². The molecule has 1 aromatic heterocycles. The lowest BCUT2D eigenvalue weighted by Gasteiger charge is -2.32. The van der Waals surface area contributed by atoms with Gasteiger partial charge in [-0.3, -0.25) is 14.6 Å². The summed E-state index contributed by atoms with van der Waals surface area (Å²) in [4.78, 5) is 28.3. The van der Waals surface area contributed by atoms with Crippen molar-refractivity contribution in [2.45, 2.75) is 38.1 Å². The number of nitrogens with one attached hydrogen (secondary N) is 2. The zero-order valence-electron chi connectivity index (χ0n) is 14.2. The van der Waals surface area contributed by atoms with Gasteiger partial charge in [0, 0.05) is 12.2 Å². The molecule has 5 heteroatoms. The van der Waals surface area contributed by atoms with Crippen LogP contribution < -0.4 is 10.6 Å². The maximum atomic E-state index is 12.3. The molecule has 0 radical (unpaired) electrons. The highest BCUT2D eigenvalue weighted by atomic mass is 16.2. The fraction of sp³-hybridized carbons (Fsp3) is 0.350. The van der Waals surface area contributed by atoms with Crippen molar-refractivity contribution < 1.29 is 9.59 Å². The van der Waals surface area contributed by atoms with Gasteiger partial charge >= 0.3 is 11.8 Å². The van der Waals surface area contributed by atoms with Crippen LogP contribution in [0.15, 0.2) is 54.9 Å². The van der Waals surface area contributed by atoms with E-state index in [0.29, 0.717) is 11.6 Å². The van der Waals surface area contributed by atoms with Crippen LogP contribution >= 0.6 is 0 Å². The monoisotopic (exact) mass is 337 g/mol. The second kappa shape index (κ2) is 8.42. The van der Waals surface area contributed by atoms with E-state index in [2.05, 4.69) is 27.8 Å². The molecule has 1 aromatic carbocycles. The fourth-order valence-corrected chi connectivity index (χ4v) is 3.42. The Morgan fingerprint density at radius 2 is 1.80 bits per heavy atom. The normalized spacial score (nSPS) is 19.8. The van der Waals surface area contributed by atoms with Gasteiger partial charge in [-0.25, -0.2) is 0 Å². The maximum Gasteiger partial charge on any atom is 0.313 e. The number of anilines is 1. The zero-order valence-corrected chi connectivity index (χ0v) is 14.2. The molecule has 1 heterocycles. The quantitative estimate of drug-likeness (QED) is 0.843. The van der Waals surface area contributed by atoms with Crippen molar-refractivity contribution in [3.8, 4) is 0 Å². The van der Waals surface area contributed by atoms with Crippen molar-refractivity contribution in [1.29, 1.82) is 0 Å². The zero-order chi connectivity index (χ0) is 17.5. The van der Waals surface area contributed by atoms with Crippen LogP contribution in [0.4, 0.5) is 5.69 Å². The minimum absolute atomic E-state index is 0.0427. The lowest BCUT2D eigenvalue weighted by Crippen LogP contribution is -2.47. The highest BCUT2D eigenvalue weighted by molar-refractivity contribution is 6.39. The number of rotatable bonds is 4. The SMILES string of the molecule is O=C(Nc1cccnc1)C(=O)N[C@H]1CCCC[C@H]1Cc1ccccc1. The number of pyridine rings is 1. The molecule has 0 saturated heterocycles. The van der Waals surface area contributed by atoms with E-state index in [-0.39, 0.29) is 6.04 Å². The van der Waals surface area contributed by atoms with Gasteiger partial charge in [0.15, 0.2) is 0 Å². The molecule has 2 atom stereocenters. The summed E-state index contributed by atoms with van der Waals surface area (Å²) < 4.78 is 0. The molecular weight excluding hydrogens is 314 g/mol. The first-order chi connectivity index (χ1) is 12.2. The van der Waals surface area contributed by atoms with Crippen LogP contribution in [0.5, 0.6) is 0 Å². The van der Waals surface area contributed by atoms with Crippen molar-refractivity contribution in [2.24, 2.45) is 5.92 Å². The van der Waals surface area contributed by atoms with Crippen molar-refractivity contribution in [3.05, 3.63) is 60.4 Å². The Kier molecular flexibility index (Phi) is 5.77. The first kappa shape index (κ1) is 17.1. The molecular formula is C20H23N3O2. The predicted octanol–water partition coefficient (Wildman–Crippen LogP) is 2.94. The molecule has 0 unspecified atom stereocenters. The molecule has 0 aliphatic heterocycles. The second-order valence-corrected chi connectivity index (χ2v) is 6.51. The van der Waals surface area contributed by atoms with Gasteiger partial charge in [0.25, 0.3) is 0 Å². The van der Waals surface area contributed by atoms with Crippen LogP contribution in [-0.2, 0) is 16.0 Å². The molecule has 3 rings (SSSR count). The van der Waals surface area contributed by atoms with E-state index >= 15 is 0 Å². The van der Waals surface area contributed by atoms with Crippen molar-refractivity contribution in [1.82, 2.24) is 10.3 Å². The van der Waals surface area contributed by atoms with E-state index in [1.54, 1.807) is 18.3 Å². The summed E-state index contributed by atoms with van der Waals surface area (Å²) in [6.45, 7) is 0. The van der Waals surface area contributed by atoms with E-state index in [0.717, 1.165) is 25.7 Å². The van der Waals surface area contributed by atoms with E-state index in [1.165, 1.54) is 18.2 Å². The summed E-state index contributed by atoms with van der Waals surface area (Å²) in [5.41, 5.74) is 1.79. The predicted molar refractivity (Wildman–Crippen MR) is 96.9 cm³/mol. The summed E-state index contributed by atoms with van der Waals surface area (Å²) >= 11 is 0. The molecule has 2 N–H and O–H groups in total. The number of hydrogen-bond donors (Lipinski definition) is 2. The summed E-state index contributed by atoms with van der Waals surface area (Å²) in [6, 6.07) is 13.8. The average Bonchev–Trinajstić information content (AvgIpc) is 2.65. The van der Waals surface area contributed by atoms with Crippen molar-refractivity contribution in [3.63, 3.8) is 0 Å². The number of carbonyl (C=O) groups excluding carboxylic acids is 2. The third-order valence-electron chi connectivity index (χ3n) is 4.69. The number of hydrogen-bond acceptors (Lipinski definition) is 3. The molecule has 1 saturated carbocycles. The Bertz CT molecular complexity index is 703. The smallest absolute Gasteiger partial charge is 0.313 e. The maximum absolute atomic E-state index is 12.3. The molecule has 130 valence electrons. The van der Waals surface area contributed by atoms with E-state index in [9.17, 15) is 9.59 Å². The summed E-state index contributed by atoms with van der Waals surface area (Å²) in [5.74, 6) is -0.850. The second-order valence-electron chi connectivity index (χ2n) is 6.51. The largest absolute Gasteiger partial charge is 0.345 e. The molecule has 2 aromatic rings. The highest BCUT2D eigenvalue weighted by Crippen LogP contribution is 2.27. The van der Waals surface area contributed by atoms with Crippen LogP contribution in [0.3, 0.4) is 0 Å². The van der Waals surface area contributed by atoms with Crippen molar-refractivity contribution >= 4 is 17.5 Å². The number of amides is 2. The third-order valence-corrected chi connectivity index (χ3v) is 4.69. The van der Waals surface area contributed by atoms with Gasteiger partial charge in [-0.05, 0) is 42.9 Å². The Hall–Kier alpha value is -2.69. The molecule has 0 bridgehead atoms. The van der Waals surface area contributed by atoms with Crippen LogP contribution in [-0.4, -0.2) is 22.8 Å². The Labute approximate surface area is 147 Å². The Morgan fingerprint density at radius 3 is 2.56 bits per heavy atom. The molecule has 2 amide bonds. The fourth-order valence-electron chi connectivity index (χ4n) is 3.42. The van der Waals surface area contributed by atoms with E-state index < -0.39 is 11.8 Å². The summed E-state index contributed by atoms with van der Waals surface area (Å²) in [6.07, 6.45) is 8.31. The molecule has 5 nitrogen and oxygen atoms in total. The topological polar surface area (TPSA) is 71.1 Å². The number of carbonyl (C=O) groups is 2. The lowest BCUT2D eigenvalue weighted by atomic mass is 9.80. The Balaban J connectivity index is 1.59. The number of nitrogens with zero attached hydrogens (tertiary/aromatic N) is 1. The van der Waals surface area contributed by atoms with Crippen molar-refractivity contribution in [2.75, 3.05) is 5.32 Å². The molecule has 25 heavy (non-hydrogen) atoms. The molecule has 1 aliphatic carbocycles. The minimum Gasteiger partial charge on any atom is -0.345 e. The van der Waals surface area contributed by atoms with Crippen LogP contribution in [0.1, 0.15) is 31.2 Å². The lowest BCUT2D eigenvalue weighted by molar-refractivity contribution is -0.137. The van der Waals surface area contributed by atoms with Crippen LogP contribution in [0, 0.1) is 5.92 Å². The molecule has 1 fully saturated rings. The average molecular weight is 337 g/mol. The van der Waals surface area contributed by atoms with Gasteiger partial charge in [0.1, 0.15) is 0 Å². The standard InChI is InChI=1S/C20H23N3O2/c24-19(22-17-10-6-12-21-14-17)20(25)23-18-11-5-4-9-16(18)13-15-7-2-1-3-8-15/h1-3,6-8,10,12,14,16,18H,4-5,9,11,13H2,(H,22,24)(H,23,25)/t16-,18-/m0/s1. The van der Waals surface area contributed by atoms with Crippen LogP contribution in [0.25, 0.3) is 0 Å². The van der Waals surface area contributed by atoms with Gasteiger partial charge in [-0.2, -0.15) is 0 Å². The summed E-state index contributed by atoms with van der Waals surface area (Å²) in [5, 5.41) is 5.52. The Morgan fingerprint density at radius 1 is 1.00 bits per heavy atom. The first-order valence-corrected chi connectivity index (χ1v) is 8.78. The minimum atomic E-state index is -0.642. The number of benzene rings is 1. The van der Waals surface area contributed by atoms with Crippen LogP contribution in [0.2, 0.25) is 0 Å². The molecule has 0 spiro atoms. The van der Waals surface area contributed by atoms with E-state index in [4.69, 9.17) is 0 Å². The van der Waals surface area contributed by atoms with E-state index in [1.807, 2.05) is 18.2 Å².